The van der Waals surface area contributed by atoms with Gasteiger partial charge >= 0.3 is 6.03 Å². The van der Waals surface area contributed by atoms with Gasteiger partial charge in [0.2, 0.25) is 0 Å². The molecule has 1 aromatic carbocycles. The average molecular weight is 312 g/mol. The van der Waals surface area contributed by atoms with Crippen LogP contribution in [0.4, 0.5) is 4.79 Å². The van der Waals surface area contributed by atoms with Crippen molar-refractivity contribution in [3.05, 3.63) is 58.5 Å². The van der Waals surface area contributed by atoms with Crippen LogP contribution in [-0.4, -0.2) is 16.8 Å². The van der Waals surface area contributed by atoms with E-state index < -0.39 is 11.6 Å². The molecule has 1 N–H and O–H groups in total. The van der Waals surface area contributed by atoms with Crippen LogP contribution in [0.15, 0.2) is 34.9 Å². The number of carbonyl (C=O) groups excluding carboxylic acids is 2. The van der Waals surface area contributed by atoms with Crippen molar-refractivity contribution < 1.29 is 14.0 Å². The molecule has 0 aliphatic carbocycles. The van der Waals surface area contributed by atoms with E-state index >= 15 is 0 Å². The van der Waals surface area contributed by atoms with E-state index in [0.717, 1.165) is 16.7 Å². The van der Waals surface area contributed by atoms with Crippen LogP contribution in [0.3, 0.4) is 0 Å². The summed E-state index contributed by atoms with van der Waals surface area (Å²) in [6.07, 6.45) is 1.50. The van der Waals surface area contributed by atoms with Crippen LogP contribution in [0, 0.1) is 20.8 Å². The van der Waals surface area contributed by atoms with Gasteiger partial charge in [0, 0.05) is 0 Å². The van der Waals surface area contributed by atoms with Crippen molar-refractivity contribution in [2.75, 3.05) is 0 Å². The maximum atomic E-state index is 12.8. The van der Waals surface area contributed by atoms with Crippen LogP contribution in [0.25, 0.3) is 0 Å². The van der Waals surface area contributed by atoms with E-state index in [4.69, 9.17) is 4.42 Å². The van der Waals surface area contributed by atoms with Gasteiger partial charge in [-0.2, -0.15) is 0 Å². The smallest absolute Gasteiger partial charge is 0.325 e. The highest BCUT2D eigenvalue weighted by Crippen LogP contribution is 2.31. The first-order valence-corrected chi connectivity index (χ1v) is 7.58. The lowest BCUT2D eigenvalue weighted by molar-refractivity contribution is -0.132. The Balaban J connectivity index is 1.93. The molecule has 3 amide bonds. The van der Waals surface area contributed by atoms with Crippen molar-refractivity contribution in [2.45, 2.75) is 39.8 Å². The Morgan fingerprint density at radius 2 is 1.83 bits per heavy atom. The van der Waals surface area contributed by atoms with Gasteiger partial charge in [0.25, 0.3) is 5.91 Å². The first kappa shape index (κ1) is 15.3. The summed E-state index contributed by atoms with van der Waals surface area (Å²) in [5, 5.41) is 2.75. The summed E-state index contributed by atoms with van der Waals surface area (Å²) in [5.41, 5.74) is 3.18. The Labute approximate surface area is 135 Å². The Kier molecular flexibility index (Phi) is 3.51. The van der Waals surface area contributed by atoms with Crippen molar-refractivity contribution in [1.82, 2.24) is 10.2 Å². The number of rotatable bonds is 3. The molecule has 5 heteroatoms. The molecule has 1 atom stereocenters. The van der Waals surface area contributed by atoms with Gasteiger partial charge in [-0.3, -0.25) is 9.69 Å². The molecule has 0 unspecified atom stereocenters. The average Bonchev–Trinajstić information content (AvgIpc) is 3.06. The van der Waals surface area contributed by atoms with Crippen LogP contribution < -0.4 is 5.32 Å². The SMILES string of the molecule is Cc1cc(C)c(CN2C(=O)N[C@@](C)(c3ccco3)C2=O)c(C)c1. The molecular weight excluding hydrogens is 292 g/mol. The van der Waals surface area contributed by atoms with E-state index in [2.05, 4.69) is 17.4 Å². The second kappa shape index (κ2) is 5.26. The van der Waals surface area contributed by atoms with Gasteiger partial charge in [-0.15, -0.1) is 0 Å². The Morgan fingerprint density at radius 1 is 1.17 bits per heavy atom. The minimum atomic E-state index is -1.15. The number of furan rings is 1. The fourth-order valence-electron chi connectivity index (χ4n) is 3.19. The lowest BCUT2D eigenvalue weighted by Crippen LogP contribution is -2.40. The highest BCUT2D eigenvalue weighted by Gasteiger charge is 2.50. The molecule has 0 bridgehead atoms. The van der Waals surface area contributed by atoms with Gasteiger partial charge in [0.15, 0.2) is 5.54 Å². The van der Waals surface area contributed by atoms with E-state index in [-0.39, 0.29) is 12.5 Å². The van der Waals surface area contributed by atoms with Crippen molar-refractivity contribution in [2.24, 2.45) is 0 Å². The predicted molar refractivity (Wildman–Crippen MR) is 85.8 cm³/mol. The quantitative estimate of drug-likeness (QED) is 0.885. The number of hydrogen-bond donors (Lipinski definition) is 1. The van der Waals surface area contributed by atoms with Gasteiger partial charge < -0.3 is 9.73 Å². The molecule has 23 heavy (non-hydrogen) atoms. The lowest BCUT2D eigenvalue weighted by atomic mass is 9.97. The van der Waals surface area contributed by atoms with E-state index in [0.29, 0.717) is 5.76 Å². The molecule has 0 spiro atoms. The third kappa shape index (κ3) is 2.42. The van der Waals surface area contributed by atoms with Crippen LogP contribution in [0.5, 0.6) is 0 Å². The van der Waals surface area contributed by atoms with Gasteiger partial charge in [-0.05, 0) is 56.5 Å². The number of hydrogen-bond acceptors (Lipinski definition) is 3. The van der Waals surface area contributed by atoms with E-state index in [1.807, 2.05) is 20.8 Å². The zero-order valence-corrected chi connectivity index (χ0v) is 13.8. The zero-order valence-electron chi connectivity index (χ0n) is 13.8. The van der Waals surface area contributed by atoms with Crippen molar-refractivity contribution in [3.8, 4) is 0 Å². The minimum Gasteiger partial charge on any atom is -0.466 e. The molecule has 0 radical (unpaired) electrons. The highest BCUT2D eigenvalue weighted by molar-refractivity contribution is 6.06. The minimum absolute atomic E-state index is 0.263. The monoisotopic (exact) mass is 312 g/mol. The number of aryl methyl sites for hydroxylation is 3. The molecule has 2 aromatic rings. The third-order valence-corrected chi connectivity index (χ3v) is 4.45. The van der Waals surface area contributed by atoms with Gasteiger partial charge in [-0.1, -0.05) is 17.7 Å². The van der Waals surface area contributed by atoms with Crippen molar-refractivity contribution >= 4 is 11.9 Å². The molecule has 1 aliphatic rings. The van der Waals surface area contributed by atoms with Crippen molar-refractivity contribution in [1.29, 1.82) is 0 Å². The van der Waals surface area contributed by atoms with E-state index in [1.165, 1.54) is 16.7 Å². The van der Waals surface area contributed by atoms with Gasteiger partial charge in [-0.25, -0.2) is 4.79 Å². The number of imide groups is 1. The molecule has 3 rings (SSSR count). The Hall–Kier alpha value is -2.56. The largest absolute Gasteiger partial charge is 0.466 e. The third-order valence-electron chi connectivity index (χ3n) is 4.45. The van der Waals surface area contributed by atoms with Crippen LogP contribution in [-0.2, 0) is 16.9 Å². The fraction of sp³-hybridized carbons (Fsp3) is 0.333. The summed E-state index contributed by atoms with van der Waals surface area (Å²) in [6, 6.07) is 7.13. The summed E-state index contributed by atoms with van der Waals surface area (Å²) < 4.78 is 5.34. The topological polar surface area (TPSA) is 62.6 Å². The van der Waals surface area contributed by atoms with E-state index in [9.17, 15) is 9.59 Å². The molecule has 1 aliphatic heterocycles. The first-order chi connectivity index (χ1) is 10.8. The summed E-state index contributed by atoms with van der Waals surface area (Å²) >= 11 is 0. The molecular formula is C18H20N2O3. The van der Waals surface area contributed by atoms with Crippen LogP contribution in [0.2, 0.25) is 0 Å². The number of carbonyl (C=O) groups is 2. The molecule has 2 heterocycles. The number of nitrogens with zero attached hydrogens (tertiary/aromatic N) is 1. The first-order valence-electron chi connectivity index (χ1n) is 7.58. The molecule has 1 saturated heterocycles. The number of urea groups is 1. The Bertz CT molecular complexity index is 757. The summed E-state index contributed by atoms with van der Waals surface area (Å²) in [6.45, 7) is 7.96. The second-order valence-corrected chi connectivity index (χ2v) is 6.30. The number of benzene rings is 1. The van der Waals surface area contributed by atoms with Crippen LogP contribution in [0.1, 0.15) is 34.9 Å². The maximum absolute atomic E-state index is 12.8. The van der Waals surface area contributed by atoms with Crippen LogP contribution >= 0.6 is 0 Å². The highest BCUT2D eigenvalue weighted by atomic mass is 16.3. The molecule has 1 aromatic heterocycles. The summed E-state index contributed by atoms with van der Waals surface area (Å²) in [4.78, 5) is 26.4. The Morgan fingerprint density at radius 3 is 2.39 bits per heavy atom. The second-order valence-electron chi connectivity index (χ2n) is 6.30. The normalized spacial score (nSPS) is 21.0. The molecule has 120 valence electrons. The zero-order chi connectivity index (χ0) is 16.8. The summed E-state index contributed by atoms with van der Waals surface area (Å²) in [7, 11) is 0. The van der Waals surface area contributed by atoms with Gasteiger partial charge in [0.05, 0.1) is 12.8 Å². The van der Waals surface area contributed by atoms with E-state index in [1.54, 1.807) is 19.1 Å². The fourth-order valence-corrected chi connectivity index (χ4v) is 3.19. The van der Waals surface area contributed by atoms with Gasteiger partial charge in [0.1, 0.15) is 5.76 Å². The van der Waals surface area contributed by atoms with Crippen molar-refractivity contribution in [3.63, 3.8) is 0 Å². The number of amides is 3. The maximum Gasteiger partial charge on any atom is 0.325 e. The summed E-state index contributed by atoms with van der Waals surface area (Å²) in [5.74, 6) is 0.146. The molecule has 0 saturated carbocycles. The predicted octanol–water partition coefficient (Wildman–Crippen LogP) is 3.17. The standard InChI is InChI=1S/C18H20N2O3/c1-11-8-12(2)14(13(3)9-11)10-20-16(21)18(4,19-17(20)22)15-6-5-7-23-15/h5-9H,10H2,1-4H3,(H,19,22)/t18-/m0/s1. The number of nitrogens with one attached hydrogen (secondary N) is 1. The lowest BCUT2D eigenvalue weighted by Gasteiger charge is -2.20. The molecule has 5 nitrogen and oxygen atoms in total. The molecule has 1 fully saturated rings.